The molecule has 0 saturated heterocycles. The molecule has 3 atom stereocenters. The van der Waals surface area contributed by atoms with Gasteiger partial charge in [-0.25, -0.2) is 4.98 Å². The standard InChI is InChI=1S/C16H26N2O/c1-4-13-6-5-7-15(10-13)19-16-11-14(8-9-18-16)12(2)17-3/h8-9,11-13,15,17H,4-7,10H2,1-3H3. The summed E-state index contributed by atoms with van der Waals surface area (Å²) in [5, 5.41) is 3.24. The van der Waals surface area contributed by atoms with Crippen LogP contribution >= 0.6 is 0 Å². The van der Waals surface area contributed by atoms with E-state index in [1.807, 2.05) is 19.3 Å². The number of hydrogen-bond donors (Lipinski definition) is 1. The first-order valence-corrected chi connectivity index (χ1v) is 7.52. The molecular formula is C16H26N2O. The summed E-state index contributed by atoms with van der Waals surface area (Å²) in [6, 6.07) is 4.44. The summed E-state index contributed by atoms with van der Waals surface area (Å²) < 4.78 is 6.08. The van der Waals surface area contributed by atoms with Gasteiger partial charge in [-0.2, -0.15) is 0 Å². The quantitative estimate of drug-likeness (QED) is 0.878. The molecule has 1 saturated carbocycles. The molecule has 0 bridgehead atoms. The van der Waals surface area contributed by atoms with Crippen molar-refractivity contribution in [1.82, 2.24) is 10.3 Å². The van der Waals surface area contributed by atoms with Gasteiger partial charge >= 0.3 is 0 Å². The SMILES string of the molecule is CCC1CCCC(Oc2cc(C(C)NC)ccn2)C1. The van der Waals surface area contributed by atoms with Crippen molar-refractivity contribution >= 4 is 0 Å². The van der Waals surface area contributed by atoms with Gasteiger partial charge in [-0.1, -0.05) is 19.8 Å². The first-order chi connectivity index (χ1) is 9.22. The fourth-order valence-electron chi connectivity index (χ4n) is 2.82. The second-order valence-corrected chi connectivity index (χ2v) is 5.62. The summed E-state index contributed by atoms with van der Waals surface area (Å²) >= 11 is 0. The average molecular weight is 262 g/mol. The molecule has 106 valence electrons. The molecule has 1 N–H and O–H groups in total. The van der Waals surface area contributed by atoms with Crippen molar-refractivity contribution in [1.29, 1.82) is 0 Å². The zero-order valence-corrected chi connectivity index (χ0v) is 12.4. The Labute approximate surface area is 116 Å². The lowest BCUT2D eigenvalue weighted by atomic mass is 9.85. The molecule has 0 amide bonds. The van der Waals surface area contributed by atoms with E-state index in [2.05, 4.69) is 30.2 Å². The number of nitrogens with zero attached hydrogens (tertiary/aromatic N) is 1. The largest absolute Gasteiger partial charge is 0.474 e. The summed E-state index contributed by atoms with van der Waals surface area (Å²) in [6.07, 6.45) is 8.47. The van der Waals surface area contributed by atoms with E-state index < -0.39 is 0 Å². The van der Waals surface area contributed by atoms with E-state index in [-0.39, 0.29) is 0 Å². The topological polar surface area (TPSA) is 34.1 Å². The molecule has 0 aliphatic heterocycles. The van der Waals surface area contributed by atoms with E-state index in [0.29, 0.717) is 12.1 Å². The zero-order chi connectivity index (χ0) is 13.7. The summed E-state index contributed by atoms with van der Waals surface area (Å²) in [5.74, 6) is 1.61. The predicted octanol–water partition coefficient (Wildman–Crippen LogP) is 3.71. The van der Waals surface area contributed by atoms with Gasteiger partial charge in [0.25, 0.3) is 0 Å². The predicted molar refractivity (Wildman–Crippen MR) is 78.4 cm³/mol. The van der Waals surface area contributed by atoms with Gasteiger partial charge in [0.15, 0.2) is 0 Å². The first-order valence-electron chi connectivity index (χ1n) is 7.52. The molecule has 1 aromatic heterocycles. The van der Waals surface area contributed by atoms with Crippen LogP contribution in [0.25, 0.3) is 0 Å². The second-order valence-electron chi connectivity index (χ2n) is 5.62. The van der Waals surface area contributed by atoms with Crippen LogP contribution in [-0.2, 0) is 0 Å². The van der Waals surface area contributed by atoms with Gasteiger partial charge in [0.05, 0.1) is 0 Å². The molecule has 1 heterocycles. The van der Waals surface area contributed by atoms with Crippen molar-refractivity contribution in [2.24, 2.45) is 5.92 Å². The highest BCUT2D eigenvalue weighted by Gasteiger charge is 2.22. The molecule has 2 rings (SSSR count). The lowest BCUT2D eigenvalue weighted by Crippen LogP contribution is -2.25. The second kappa shape index (κ2) is 6.90. The summed E-state index contributed by atoms with van der Waals surface area (Å²) in [5.41, 5.74) is 1.23. The van der Waals surface area contributed by atoms with Crippen LogP contribution in [0.15, 0.2) is 18.3 Å². The van der Waals surface area contributed by atoms with E-state index in [1.165, 1.54) is 37.7 Å². The normalized spacial score (nSPS) is 25.0. The van der Waals surface area contributed by atoms with E-state index in [0.717, 1.165) is 11.8 Å². The average Bonchev–Trinajstić information content (AvgIpc) is 2.47. The highest BCUT2D eigenvalue weighted by atomic mass is 16.5. The molecule has 0 radical (unpaired) electrons. The number of nitrogens with one attached hydrogen (secondary N) is 1. The van der Waals surface area contributed by atoms with Crippen molar-refractivity contribution in [3.63, 3.8) is 0 Å². The minimum atomic E-state index is 0.333. The van der Waals surface area contributed by atoms with Crippen molar-refractivity contribution in [3.05, 3.63) is 23.9 Å². The molecule has 3 nitrogen and oxygen atoms in total. The number of ether oxygens (including phenoxy) is 1. The van der Waals surface area contributed by atoms with Gasteiger partial charge in [-0.3, -0.25) is 0 Å². The Bertz CT molecular complexity index is 394. The molecule has 0 spiro atoms. The molecular weight excluding hydrogens is 236 g/mol. The van der Waals surface area contributed by atoms with E-state index in [1.54, 1.807) is 0 Å². The lowest BCUT2D eigenvalue weighted by molar-refractivity contribution is 0.117. The van der Waals surface area contributed by atoms with Crippen LogP contribution in [0.4, 0.5) is 0 Å². The van der Waals surface area contributed by atoms with Crippen LogP contribution in [0.3, 0.4) is 0 Å². The van der Waals surface area contributed by atoms with Crippen LogP contribution in [-0.4, -0.2) is 18.1 Å². The van der Waals surface area contributed by atoms with Gasteiger partial charge in [0, 0.05) is 18.3 Å². The van der Waals surface area contributed by atoms with Crippen LogP contribution in [0.2, 0.25) is 0 Å². The molecule has 1 fully saturated rings. The van der Waals surface area contributed by atoms with Crippen molar-refractivity contribution < 1.29 is 4.74 Å². The highest BCUT2D eigenvalue weighted by molar-refractivity contribution is 5.23. The number of rotatable bonds is 5. The zero-order valence-electron chi connectivity index (χ0n) is 12.4. The number of pyridine rings is 1. The minimum absolute atomic E-state index is 0.333. The first kappa shape index (κ1) is 14.3. The molecule has 3 heteroatoms. The maximum Gasteiger partial charge on any atom is 0.213 e. The van der Waals surface area contributed by atoms with E-state index >= 15 is 0 Å². The van der Waals surface area contributed by atoms with Crippen LogP contribution in [0, 0.1) is 5.92 Å². The molecule has 1 aromatic rings. The molecule has 3 unspecified atom stereocenters. The highest BCUT2D eigenvalue weighted by Crippen LogP contribution is 2.29. The third kappa shape index (κ3) is 3.93. The Morgan fingerprint density at radius 3 is 3.05 bits per heavy atom. The van der Waals surface area contributed by atoms with Gasteiger partial charge in [-0.15, -0.1) is 0 Å². The van der Waals surface area contributed by atoms with Gasteiger partial charge in [0.2, 0.25) is 5.88 Å². The van der Waals surface area contributed by atoms with Crippen molar-refractivity contribution in [2.45, 2.75) is 58.1 Å². The Balaban J connectivity index is 1.98. The van der Waals surface area contributed by atoms with E-state index in [4.69, 9.17) is 4.74 Å². The van der Waals surface area contributed by atoms with Gasteiger partial charge in [-0.05, 0) is 50.8 Å². The van der Waals surface area contributed by atoms with Gasteiger partial charge < -0.3 is 10.1 Å². The third-order valence-corrected chi connectivity index (χ3v) is 4.29. The Kier molecular flexibility index (Phi) is 5.20. The smallest absolute Gasteiger partial charge is 0.213 e. The Hall–Kier alpha value is -1.09. The lowest BCUT2D eigenvalue weighted by Gasteiger charge is -2.28. The number of aromatic nitrogens is 1. The van der Waals surface area contributed by atoms with E-state index in [9.17, 15) is 0 Å². The van der Waals surface area contributed by atoms with Crippen LogP contribution in [0.5, 0.6) is 5.88 Å². The molecule has 19 heavy (non-hydrogen) atoms. The van der Waals surface area contributed by atoms with Crippen LogP contribution < -0.4 is 10.1 Å². The fraction of sp³-hybridized carbons (Fsp3) is 0.688. The molecule has 1 aliphatic rings. The summed E-state index contributed by atoms with van der Waals surface area (Å²) in [6.45, 7) is 4.42. The molecule has 0 aromatic carbocycles. The third-order valence-electron chi connectivity index (χ3n) is 4.29. The summed E-state index contributed by atoms with van der Waals surface area (Å²) in [7, 11) is 1.97. The van der Waals surface area contributed by atoms with Crippen LogP contribution in [0.1, 0.15) is 57.6 Å². The number of hydrogen-bond acceptors (Lipinski definition) is 3. The monoisotopic (exact) mass is 262 g/mol. The molecule has 1 aliphatic carbocycles. The summed E-state index contributed by atoms with van der Waals surface area (Å²) in [4.78, 5) is 4.35. The van der Waals surface area contributed by atoms with Gasteiger partial charge in [0.1, 0.15) is 6.10 Å². The van der Waals surface area contributed by atoms with Crippen molar-refractivity contribution in [3.8, 4) is 5.88 Å². The Morgan fingerprint density at radius 1 is 1.47 bits per heavy atom. The Morgan fingerprint density at radius 2 is 2.32 bits per heavy atom. The fourth-order valence-corrected chi connectivity index (χ4v) is 2.82. The minimum Gasteiger partial charge on any atom is -0.474 e. The maximum atomic E-state index is 6.08. The maximum absolute atomic E-state index is 6.08. The van der Waals surface area contributed by atoms with Crippen molar-refractivity contribution in [2.75, 3.05) is 7.05 Å².